The van der Waals surface area contributed by atoms with Gasteiger partial charge in [-0.25, -0.2) is 15.0 Å². The zero-order chi connectivity index (χ0) is 14.1. The molecule has 2 aromatic rings. The predicted octanol–water partition coefficient (Wildman–Crippen LogP) is 0.985. The molecule has 2 aromatic heterocycles. The summed E-state index contributed by atoms with van der Waals surface area (Å²) in [7, 11) is 0. The van der Waals surface area contributed by atoms with Crippen LogP contribution in [0.2, 0.25) is 0 Å². The summed E-state index contributed by atoms with van der Waals surface area (Å²) < 4.78 is 11.5. The molecule has 1 saturated carbocycles. The van der Waals surface area contributed by atoms with E-state index in [1.165, 1.54) is 12.8 Å². The lowest BCUT2D eigenvalue weighted by Gasteiger charge is -2.33. The summed E-state index contributed by atoms with van der Waals surface area (Å²) >= 11 is 0. The summed E-state index contributed by atoms with van der Waals surface area (Å²) in [6, 6.07) is 0. The van der Waals surface area contributed by atoms with Gasteiger partial charge in [-0.3, -0.25) is 0 Å². The van der Waals surface area contributed by atoms with E-state index in [1.807, 2.05) is 0 Å². The number of morpholine rings is 1. The monoisotopic (exact) mass is 289 g/mol. The Balaban J connectivity index is 1.43. The summed E-state index contributed by atoms with van der Waals surface area (Å²) in [4.78, 5) is 18.1. The molecular formula is C14H19N5O2. The quantitative estimate of drug-likeness (QED) is 0.884. The fourth-order valence-corrected chi connectivity index (χ4v) is 2.66. The second-order valence-corrected chi connectivity index (χ2v) is 5.72. The summed E-state index contributed by atoms with van der Waals surface area (Å²) in [5, 5.41) is 0. The molecule has 21 heavy (non-hydrogen) atoms. The van der Waals surface area contributed by atoms with Crippen molar-refractivity contribution in [1.82, 2.24) is 19.9 Å². The maximum absolute atomic E-state index is 5.79. The number of anilines is 1. The fourth-order valence-electron chi connectivity index (χ4n) is 2.66. The van der Waals surface area contributed by atoms with Crippen LogP contribution >= 0.6 is 0 Å². The first-order valence-corrected chi connectivity index (χ1v) is 7.48. The third kappa shape index (κ3) is 2.84. The van der Waals surface area contributed by atoms with Gasteiger partial charge in [0.25, 0.3) is 0 Å². The molecule has 0 radical (unpaired) electrons. The van der Waals surface area contributed by atoms with Gasteiger partial charge in [0.2, 0.25) is 0 Å². The minimum absolute atomic E-state index is 0.102. The summed E-state index contributed by atoms with van der Waals surface area (Å²) in [6.45, 7) is 3.83. The average Bonchev–Trinajstić information content (AvgIpc) is 3.21. The van der Waals surface area contributed by atoms with Gasteiger partial charge in [-0.05, 0) is 18.8 Å². The Morgan fingerprint density at radius 3 is 3.14 bits per heavy atom. The van der Waals surface area contributed by atoms with E-state index in [0.717, 1.165) is 36.9 Å². The SMILES string of the molecule is c1nc(N2CCO[C@@H](COCC3CC3)C2)c2[nH]cnc2n1. The molecule has 112 valence electrons. The standard InChI is InChI=1S/C14H19N5O2/c1-2-10(1)6-20-7-11-5-19(3-4-21-11)14-12-13(16-8-15-12)17-9-18-14/h8-11H,1-7H2,(H,15,16,17,18)/t11-/m1/s1. The minimum Gasteiger partial charge on any atom is -0.378 e. The Morgan fingerprint density at radius 2 is 2.24 bits per heavy atom. The van der Waals surface area contributed by atoms with Crippen LogP contribution in [0.3, 0.4) is 0 Å². The van der Waals surface area contributed by atoms with Crippen molar-refractivity contribution in [2.45, 2.75) is 18.9 Å². The molecule has 4 rings (SSSR count). The van der Waals surface area contributed by atoms with E-state index in [4.69, 9.17) is 9.47 Å². The van der Waals surface area contributed by atoms with Crippen molar-refractivity contribution in [3.05, 3.63) is 12.7 Å². The van der Waals surface area contributed by atoms with Gasteiger partial charge in [0, 0.05) is 19.7 Å². The van der Waals surface area contributed by atoms with E-state index in [-0.39, 0.29) is 6.10 Å². The number of rotatable bonds is 5. The molecule has 0 aromatic carbocycles. The number of nitrogens with one attached hydrogen (secondary N) is 1. The molecule has 0 unspecified atom stereocenters. The maximum atomic E-state index is 5.79. The van der Waals surface area contributed by atoms with E-state index in [9.17, 15) is 0 Å². The second-order valence-electron chi connectivity index (χ2n) is 5.72. The first kappa shape index (κ1) is 13.0. The topological polar surface area (TPSA) is 76.2 Å². The number of aromatic nitrogens is 4. The molecule has 1 aliphatic heterocycles. The van der Waals surface area contributed by atoms with Crippen LogP contribution in [0, 0.1) is 5.92 Å². The molecule has 1 aliphatic carbocycles. The summed E-state index contributed by atoms with van der Waals surface area (Å²) in [5.41, 5.74) is 1.59. The average molecular weight is 289 g/mol. The third-order valence-corrected chi connectivity index (χ3v) is 4.00. The number of nitrogens with zero attached hydrogens (tertiary/aromatic N) is 4. The van der Waals surface area contributed by atoms with Gasteiger partial charge in [0.1, 0.15) is 11.8 Å². The van der Waals surface area contributed by atoms with E-state index in [2.05, 4.69) is 24.8 Å². The third-order valence-electron chi connectivity index (χ3n) is 4.00. The number of hydrogen-bond acceptors (Lipinski definition) is 6. The van der Waals surface area contributed by atoms with Crippen LogP contribution in [-0.2, 0) is 9.47 Å². The number of hydrogen-bond donors (Lipinski definition) is 1. The number of ether oxygens (including phenoxy) is 2. The van der Waals surface area contributed by atoms with Crippen molar-refractivity contribution in [2.75, 3.05) is 37.8 Å². The van der Waals surface area contributed by atoms with Gasteiger partial charge in [-0.2, -0.15) is 0 Å². The first-order chi connectivity index (χ1) is 10.4. The number of H-pyrrole nitrogens is 1. The minimum atomic E-state index is 0.102. The van der Waals surface area contributed by atoms with Gasteiger partial charge >= 0.3 is 0 Å². The highest BCUT2D eigenvalue weighted by Gasteiger charge is 2.25. The Morgan fingerprint density at radius 1 is 1.29 bits per heavy atom. The van der Waals surface area contributed by atoms with E-state index < -0.39 is 0 Å². The Kier molecular flexibility index (Phi) is 3.44. The number of aromatic amines is 1. The van der Waals surface area contributed by atoms with Crippen molar-refractivity contribution in [1.29, 1.82) is 0 Å². The fraction of sp³-hybridized carbons (Fsp3) is 0.643. The van der Waals surface area contributed by atoms with Crippen molar-refractivity contribution in [3.8, 4) is 0 Å². The van der Waals surface area contributed by atoms with Crippen LogP contribution in [0.4, 0.5) is 5.82 Å². The van der Waals surface area contributed by atoms with E-state index in [0.29, 0.717) is 18.9 Å². The van der Waals surface area contributed by atoms with Crippen molar-refractivity contribution in [3.63, 3.8) is 0 Å². The lowest BCUT2D eigenvalue weighted by molar-refractivity contribution is -0.0258. The van der Waals surface area contributed by atoms with E-state index >= 15 is 0 Å². The Hall–Kier alpha value is -1.73. The van der Waals surface area contributed by atoms with Crippen molar-refractivity contribution in [2.24, 2.45) is 5.92 Å². The van der Waals surface area contributed by atoms with Crippen LogP contribution in [0.25, 0.3) is 11.2 Å². The van der Waals surface area contributed by atoms with Crippen molar-refractivity contribution < 1.29 is 9.47 Å². The molecular weight excluding hydrogens is 270 g/mol. The molecule has 2 aliphatic rings. The highest BCUT2D eigenvalue weighted by atomic mass is 16.5. The van der Waals surface area contributed by atoms with Gasteiger partial charge in [-0.15, -0.1) is 0 Å². The number of imidazole rings is 1. The molecule has 7 heteroatoms. The highest BCUT2D eigenvalue weighted by Crippen LogP contribution is 2.29. The first-order valence-electron chi connectivity index (χ1n) is 7.48. The molecule has 7 nitrogen and oxygen atoms in total. The van der Waals surface area contributed by atoms with Gasteiger partial charge in [-0.1, -0.05) is 0 Å². The summed E-state index contributed by atoms with van der Waals surface area (Å²) in [6.07, 6.45) is 5.95. The number of fused-ring (bicyclic) bond motifs is 1. The molecule has 2 fully saturated rings. The maximum Gasteiger partial charge on any atom is 0.182 e. The Labute approximate surface area is 122 Å². The highest BCUT2D eigenvalue weighted by molar-refractivity contribution is 5.82. The van der Waals surface area contributed by atoms with Crippen LogP contribution in [0.1, 0.15) is 12.8 Å². The van der Waals surface area contributed by atoms with Crippen LogP contribution in [-0.4, -0.2) is 59.0 Å². The van der Waals surface area contributed by atoms with E-state index in [1.54, 1.807) is 12.7 Å². The zero-order valence-corrected chi connectivity index (χ0v) is 11.9. The molecule has 0 bridgehead atoms. The van der Waals surface area contributed by atoms with Gasteiger partial charge < -0.3 is 19.4 Å². The molecule has 0 amide bonds. The van der Waals surface area contributed by atoms with Gasteiger partial charge in [0.15, 0.2) is 11.5 Å². The lowest BCUT2D eigenvalue weighted by Crippen LogP contribution is -2.45. The van der Waals surface area contributed by atoms with Crippen LogP contribution in [0.5, 0.6) is 0 Å². The zero-order valence-electron chi connectivity index (χ0n) is 11.9. The molecule has 1 saturated heterocycles. The molecule has 1 N–H and O–H groups in total. The largest absolute Gasteiger partial charge is 0.378 e. The molecule has 3 heterocycles. The Bertz CT molecular complexity index is 612. The predicted molar refractivity (Wildman–Crippen MR) is 77.2 cm³/mol. The van der Waals surface area contributed by atoms with Crippen molar-refractivity contribution >= 4 is 17.0 Å². The van der Waals surface area contributed by atoms with Crippen LogP contribution in [0.15, 0.2) is 12.7 Å². The normalized spacial score (nSPS) is 22.9. The van der Waals surface area contributed by atoms with Crippen LogP contribution < -0.4 is 4.90 Å². The lowest BCUT2D eigenvalue weighted by atomic mass is 10.2. The second kappa shape index (κ2) is 5.57. The molecule has 1 atom stereocenters. The van der Waals surface area contributed by atoms with Gasteiger partial charge in [0.05, 0.1) is 25.6 Å². The summed E-state index contributed by atoms with van der Waals surface area (Å²) in [5.74, 6) is 1.68. The molecule has 0 spiro atoms. The smallest absolute Gasteiger partial charge is 0.182 e.